The van der Waals surface area contributed by atoms with Crippen molar-refractivity contribution in [3.05, 3.63) is 35.6 Å². The zero-order valence-electron chi connectivity index (χ0n) is 8.55. The van der Waals surface area contributed by atoms with Crippen LogP contribution in [0, 0.1) is 11.7 Å². The minimum Gasteiger partial charge on any atom is -0.314 e. The second-order valence-corrected chi connectivity index (χ2v) is 4.10. The van der Waals surface area contributed by atoms with Gasteiger partial charge in [-0.2, -0.15) is 0 Å². The summed E-state index contributed by atoms with van der Waals surface area (Å²) in [7, 11) is 0. The summed E-state index contributed by atoms with van der Waals surface area (Å²) in [6.45, 7) is 1.33. The molecule has 1 heterocycles. The maximum atomic E-state index is 13.5. The highest BCUT2D eigenvalue weighted by Gasteiger charge is 2.24. The molecule has 1 aliphatic rings. The highest BCUT2D eigenvalue weighted by molar-refractivity contribution is 5.17. The van der Waals surface area contributed by atoms with Crippen molar-refractivity contribution in [1.82, 2.24) is 5.32 Å². The lowest BCUT2D eigenvalue weighted by Crippen LogP contribution is -2.38. The predicted molar refractivity (Wildman–Crippen MR) is 56.0 cm³/mol. The van der Waals surface area contributed by atoms with Gasteiger partial charge in [-0.1, -0.05) is 12.1 Å². The molecule has 2 atom stereocenters. The average molecular weight is 211 g/mol. The van der Waals surface area contributed by atoms with E-state index in [0.717, 1.165) is 18.5 Å². The van der Waals surface area contributed by atoms with Crippen LogP contribution in [0.3, 0.4) is 0 Å². The summed E-state index contributed by atoms with van der Waals surface area (Å²) in [6.07, 6.45) is 0.797. The molecule has 15 heavy (non-hydrogen) atoms. The van der Waals surface area contributed by atoms with Crippen molar-refractivity contribution >= 4 is 0 Å². The Bertz CT molecular complexity index is 310. The van der Waals surface area contributed by atoms with Gasteiger partial charge in [-0.3, -0.25) is 0 Å². The Labute approximate surface area is 88.5 Å². The van der Waals surface area contributed by atoms with Gasteiger partial charge in [0, 0.05) is 6.54 Å². The van der Waals surface area contributed by atoms with E-state index in [2.05, 4.69) is 5.32 Å². The lowest BCUT2D eigenvalue weighted by molar-refractivity contribution is 0.179. The fourth-order valence-corrected chi connectivity index (χ4v) is 2.03. The molecule has 1 aromatic rings. The van der Waals surface area contributed by atoms with Gasteiger partial charge in [0.2, 0.25) is 0 Å². The van der Waals surface area contributed by atoms with Crippen LogP contribution in [-0.2, 0) is 6.42 Å². The molecule has 1 aliphatic heterocycles. The van der Waals surface area contributed by atoms with E-state index in [-0.39, 0.29) is 11.7 Å². The highest BCUT2D eigenvalue weighted by Crippen LogP contribution is 2.20. The average Bonchev–Trinajstić information content (AvgIpc) is 2.25. The molecule has 2 rings (SSSR count). The Balaban J connectivity index is 1.98. The molecular weight excluding hydrogens is 196 g/mol. The van der Waals surface area contributed by atoms with Crippen LogP contribution in [0.15, 0.2) is 24.3 Å². The van der Waals surface area contributed by atoms with Crippen molar-refractivity contribution in [1.29, 1.82) is 0 Å². The summed E-state index contributed by atoms with van der Waals surface area (Å²) in [6, 6.07) is 6.35. The monoisotopic (exact) mass is 211 g/mol. The van der Waals surface area contributed by atoms with Crippen LogP contribution in [0.5, 0.6) is 0 Å². The molecule has 1 fully saturated rings. The second-order valence-electron chi connectivity index (χ2n) is 4.10. The van der Waals surface area contributed by atoms with Crippen molar-refractivity contribution < 1.29 is 8.78 Å². The molecule has 0 saturated carbocycles. The van der Waals surface area contributed by atoms with Gasteiger partial charge in [0.15, 0.2) is 0 Å². The molecule has 0 radical (unpaired) electrons. The van der Waals surface area contributed by atoms with Gasteiger partial charge in [0.25, 0.3) is 0 Å². The Morgan fingerprint density at radius 1 is 1.27 bits per heavy atom. The summed E-state index contributed by atoms with van der Waals surface area (Å²) < 4.78 is 26.1. The van der Waals surface area contributed by atoms with Gasteiger partial charge in [0.1, 0.15) is 12.0 Å². The van der Waals surface area contributed by atoms with Crippen molar-refractivity contribution in [2.45, 2.75) is 19.0 Å². The van der Waals surface area contributed by atoms with Crippen LogP contribution >= 0.6 is 0 Å². The fourth-order valence-electron chi connectivity index (χ4n) is 2.03. The molecule has 0 spiro atoms. The van der Waals surface area contributed by atoms with E-state index in [4.69, 9.17) is 0 Å². The molecule has 1 aromatic carbocycles. The van der Waals surface area contributed by atoms with Gasteiger partial charge in [-0.15, -0.1) is 0 Å². The molecule has 1 N–H and O–H groups in total. The van der Waals surface area contributed by atoms with Crippen molar-refractivity contribution in [2.75, 3.05) is 13.1 Å². The topological polar surface area (TPSA) is 12.0 Å². The van der Waals surface area contributed by atoms with Gasteiger partial charge in [-0.25, -0.2) is 8.78 Å². The minimum absolute atomic E-state index is 0.0803. The number of nitrogens with one attached hydrogen (secondary N) is 1. The van der Waals surface area contributed by atoms with Crippen LogP contribution in [0.1, 0.15) is 12.0 Å². The zero-order chi connectivity index (χ0) is 10.7. The first-order valence-corrected chi connectivity index (χ1v) is 5.35. The van der Waals surface area contributed by atoms with Crippen LogP contribution in [0.2, 0.25) is 0 Å². The lowest BCUT2D eigenvalue weighted by atomic mass is 9.89. The first-order valence-electron chi connectivity index (χ1n) is 5.35. The van der Waals surface area contributed by atoms with Crippen molar-refractivity contribution in [3.8, 4) is 0 Å². The largest absolute Gasteiger partial charge is 0.314 e. The maximum Gasteiger partial charge on any atom is 0.123 e. The quantitative estimate of drug-likeness (QED) is 0.791. The highest BCUT2D eigenvalue weighted by atomic mass is 19.1. The summed E-state index contributed by atoms with van der Waals surface area (Å²) in [5.74, 6) is -0.155. The molecule has 3 heteroatoms. The zero-order valence-corrected chi connectivity index (χ0v) is 8.55. The number of rotatable bonds is 2. The van der Waals surface area contributed by atoms with Gasteiger partial charge >= 0.3 is 0 Å². The Hall–Kier alpha value is -0.960. The second kappa shape index (κ2) is 4.71. The van der Waals surface area contributed by atoms with Crippen molar-refractivity contribution in [3.63, 3.8) is 0 Å². The number of hydrogen-bond acceptors (Lipinski definition) is 1. The Kier molecular flexibility index (Phi) is 3.31. The molecule has 1 saturated heterocycles. The molecule has 1 nitrogen and oxygen atoms in total. The smallest absolute Gasteiger partial charge is 0.123 e. The first-order chi connectivity index (χ1) is 7.25. The van der Waals surface area contributed by atoms with E-state index in [1.54, 1.807) is 12.1 Å². The van der Waals surface area contributed by atoms with Crippen LogP contribution in [-0.4, -0.2) is 19.3 Å². The Morgan fingerprint density at radius 3 is 2.67 bits per heavy atom. The molecule has 0 aliphatic carbocycles. The van der Waals surface area contributed by atoms with E-state index >= 15 is 0 Å². The minimum atomic E-state index is -0.774. The predicted octanol–water partition coefficient (Wildman–Crippen LogP) is 2.32. The SMILES string of the molecule is Fc1ccc(CC2CCNCC2F)cc1. The maximum absolute atomic E-state index is 13.5. The number of halogens is 2. The van der Waals surface area contributed by atoms with Gasteiger partial charge < -0.3 is 5.32 Å². The molecular formula is C12H15F2N. The van der Waals surface area contributed by atoms with E-state index in [1.165, 1.54) is 12.1 Å². The standard InChI is InChI=1S/C12H15F2N/c13-11-3-1-9(2-4-11)7-10-5-6-15-8-12(10)14/h1-4,10,12,15H,5-8H2. The summed E-state index contributed by atoms with van der Waals surface area (Å²) >= 11 is 0. The Morgan fingerprint density at radius 2 is 2.00 bits per heavy atom. The third kappa shape index (κ3) is 2.75. The number of piperidine rings is 1. The molecule has 82 valence electrons. The molecule has 2 unspecified atom stereocenters. The molecule has 0 amide bonds. The normalized spacial score (nSPS) is 26.5. The van der Waals surface area contributed by atoms with E-state index in [0.29, 0.717) is 13.0 Å². The van der Waals surface area contributed by atoms with Crippen molar-refractivity contribution in [2.24, 2.45) is 5.92 Å². The van der Waals surface area contributed by atoms with Gasteiger partial charge in [-0.05, 0) is 43.0 Å². The summed E-state index contributed by atoms with van der Waals surface area (Å²) in [5, 5.41) is 3.02. The van der Waals surface area contributed by atoms with E-state index in [9.17, 15) is 8.78 Å². The number of benzene rings is 1. The van der Waals surface area contributed by atoms with E-state index < -0.39 is 6.17 Å². The fraction of sp³-hybridized carbons (Fsp3) is 0.500. The van der Waals surface area contributed by atoms with Gasteiger partial charge in [0.05, 0.1) is 0 Å². The molecule has 0 bridgehead atoms. The van der Waals surface area contributed by atoms with Crippen LogP contribution in [0.25, 0.3) is 0 Å². The number of alkyl halides is 1. The van der Waals surface area contributed by atoms with Crippen LogP contribution in [0.4, 0.5) is 8.78 Å². The molecule has 0 aromatic heterocycles. The summed E-state index contributed by atoms with van der Waals surface area (Å²) in [5.41, 5.74) is 1.02. The third-order valence-corrected chi connectivity index (χ3v) is 2.95. The third-order valence-electron chi connectivity index (χ3n) is 2.95. The first kappa shape index (κ1) is 10.6. The number of hydrogen-bond donors (Lipinski definition) is 1. The lowest BCUT2D eigenvalue weighted by Gasteiger charge is -2.26. The van der Waals surface area contributed by atoms with E-state index in [1.807, 2.05) is 0 Å². The van der Waals surface area contributed by atoms with Crippen LogP contribution < -0.4 is 5.32 Å². The summed E-state index contributed by atoms with van der Waals surface area (Å²) in [4.78, 5) is 0.